The second-order valence-electron chi connectivity index (χ2n) is 5.30. The smallest absolute Gasteiger partial charge is 0.165 e. The van der Waals surface area contributed by atoms with Gasteiger partial charge >= 0.3 is 0 Å². The maximum Gasteiger partial charge on any atom is 0.165 e. The molecule has 110 valence electrons. The second kappa shape index (κ2) is 6.75. The van der Waals surface area contributed by atoms with Gasteiger partial charge in [-0.3, -0.25) is 0 Å². The second-order valence-corrected chi connectivity index (χ2v) is 6.54. The highest BCUT2D eigenvalue weighted by Crippen LogP contribution is 2.26. The lowest BCUT2D eigenvalue weighted by Crippen LogP contribution is -2.16. The molecule has 4 heteroatoms. The van der Waals surface area contributed by atoms with E-state index in [0.29, 0.717) is 24.9 Å². The van der Waals surface area contributed by atoms with Crippen molar-refractivity contribution in [2.45, 2.75) is 32.0 Å². The molecule has 0 aliphatic heterocycles. The third-order valence-electron chi connectivity index (χ3n) is 3.50. The van der Waals surface area contributed by atoms with Gasteiger partial charge in [-0.2, -0.15) is 0 Å². The van der Waals surface area contributed by atoms with E-state index in [1.807, 2.05) is 30.3 Å². The number of para-hydroxylation sites is 1. The molecule has 0 atom stereocenters. The molecule has 2 aromatic rings. The summed E-state index contributed by atoms with van der Waals surface area (Å²) in [6.45, 7) is 1.04. The maximum absolute atomic E-state index is 14.0. The van der Waals surface area contributed by atoms with Gasteiger partial charge in [0, 0.05) is 21.7 Å². The van der Waals surface area contributed by atoms with Crippen molar-refractivity contribution in [3.63, 3.8) is 0 Å². The minimum Gasteiger partial charge on any atom is -0.485 e. The van der Waals surface area contributed by atoms with Crippen LogP contribution in [0, 0.1) is 9.39 Å². The van der Waals surface area contributed by atoms with Crippen molar-refractivity contribution in [1.82, 2.24) is 5.32 Å². The van der Waals surface area contributed by atoms with E-state index in [-0.39, 0.29) is 5.82 Å². The number of halogens is 2. The van der Waals surface area contributed by atoms with Gasteiger partial charge in [0.25, 0.3) is 0 Å². The molecule has 0 spiro atoms. The molecule has 1 aliphatic carbocycles. The number of benzene rings is 2. The molecule has 0 bridgehead atoms. The topological polar surface area (TPSA) is 21.3 Å². The lowest BCUT2D eigenvalue weighted by Gasteiger charge is -2.13. The Labute approximate surface area is 137 Å². The molecular formula is C17H17FINO. The first-order valence-electron chi connectivity index (χ1n) is 7.10. The Morgan fingerprint density at radius 3 is 2.62 bits per heavy atom. The van der Waals surface area contributed by atoms with Gasteiger partial charge < -0.3 is 10.1 Å². The van der Waals surface area contributed by atoms with Crippen molar-refractivity contribution in [3.8, 4) is 5.75 Å². The average molecular weight is 397 g/mol. The first-order valence-corrected chi connectivity index (χ1v) is 8.18. The van der Waals surface area contributed by atoms with Gasteiger partial charge in [-0.1, -0.05) is 24.3 Å². The molecule has 0 radical (unpaired) electrons. The summed E-state index contributed by atoms with van der Waals surface area (Å²) in [5.41, 5.74) is 1.92. The van der Waals surface area contributed by atoms with Crippen LogP contribution in [0.25, 0.3) is 0 Å². The summed E-state index contributed by atoms with van der Waals surface area (Å²) >= 11 is 2.26. The molecule has 1 fully saturated rings. The highest BCUT2D eigenvalue weighted by molar-refractivity contribution is 14.1. The van der Waals surface area contributed by atoms with Crippen LogP contribution in [-0.4, -0.2) is 6.04 Å². The molecule has 0 amide bonds. The van der Waals surface area contributed by atoms with Gasteiger partial charge in [0.1, 0.15) is 6.61 Å². The molecule has 0 saturated heterocycles. The molecule has 3 rings (SSSR count). The number of nitrogens with one attached hydrogen (secondary N) is 1. The lowest BCUT2D eigenvalue weighted by atomic mass is 10.2. The zero-order valence-electron chi connectivity index (χ0n) is 11.6. The molecule has 2 nitrogen and oxygen atoms in total. The summed E-state index contributed by atoms with van der Waals surface area (Å²) in [4.78, 5) is 0. The normalized spacial score (nSPS) is 14.2. The fourth-order valence-corrected chi connectivity index (χ4v) is 2.49. The van der Waals surface area contributed by atoms with Gasteiger partial charge in [0.05, 0.1) is 0 Å². The predicted octanol–water partition coefficient (Wildman–Crippen LogP) is 4.26. The summed E-state index contributed by atoms with van der Waals surface area (Å²) in [6.07, 6.45) is 2.43. The molecule has 1 N–H and O–H groups in total. The van der Waals surface area contributed by atoms with Crippen LogP contribution in [0.2, 0.25) is 0 Å². The van der Waals surface area contributed by atoms with Crippen LogP contribution >= 0.6 is 22.6 Å². The molecule has 0 aromatic heterocycles. The summed E-state index contributed by atoms with van der Waals surface area (Å²) in [7, 11) is 0. The van der Waals surface area contributed by atoms with Crippen LogP contribution in [-0.2, 0) is 13.2 Å². The number of rotatable bonds is 6. The lowest BCUT2D eigenvalue weighted by molar-refractivity contribution is 0.286. The largest absolute Gasteiger partial charge is 0.485 e. The summed E-state index contributed by atoms with van der Waals surface area (Å²) < 4.78 is 20.9. The van der Waals surface area contributed by atoms with E-state index < -0.39 is 0 Å². The number of ether oxygens (including phenoxy) is 1. The van der Waals surface area contributed by atoms with E-state index in [2.05, 4.69) is 27.9 Å². The Kier molecular flexibility index (Phi) is 4.75. The summed E-state index contributed by atoms with van der Waals surface area (Å²) in [5, 5.41) is 3.40. The first-order chi connectivity index (χ1) is 10.2. The zero-order chi connectivity index (χ0) is 14.7. The van der Waals surface area contributed by atoms with Crippen LogP contribution < -0.4 is 10.1 Å². The minimum absolute atomic E-state index is 0.296. The fraction of sp³-hybridized carbons (Fsp3) is 0.294. The van der Waals surface area contributed by atoms with Gasteiger partial charge in [-0.15, -0.1) is 0 Å². The Hall–Kier alpha value is -1.14. The van der Waals surface area contributed by atoms with Gasteiger partial charge in [-0.25, -0.2) is 4.39 Å². The first kappa shape index (κ1) is 14.8. The van der Waals surface area contributed by atoms with Crippen LogP contribution in [0.4, 0.5) is 4.39 Å². The third kappa shape index (κ3) is 4.17. The van der Waals surface area contributed by atoms with E-state index in [9.17, 15) is 4.39 Å². The van der Waals surface area contributed by atoms with Crippen molar-refractivity contribution in [3.05, 3.63) is 63.0 Å². The van der Waals surface area contributed by atoms with Crippen LogP contribution in [0.3, 0.4) is 0 Å². The average Bonchev–Trinajstić information content (AvgIpc) is 3.30. The fourth-order valence-electron chi connectivity index (χ4n) is 2.13. The molecule has 1 saturated carbocycles. The number of hydrogen-bond acceptors (Lipinski definition) is 2. The standard InChI is InChI=1S/C17H17FINO/c18-16-3-1-2-13(10-20-15-8-9-15)17(16)21-11-12-4-6-14(19)7-5-12/h1-7,15,20H,8-11H2. The Morgan fingerprint density at radius 1 is 1.14 bits per heavy atom. The molecule has 0 unspecified atom stereocenters. The molecular weight excluding hydrogens is 380 g/mol. The quantitative estimate of drug-likeness (QED) is 0.736. The highest BCUT2D eigenvalue weighted by Gasteiger charge is 2.21. The summed E-state index contributed by atoms with van der Waals surface area (Å²) in [5.74, 6) is 0.0693. The minimum atomic E-state index is -0.296. The van der Waals surface area contributed by atoms with Crippen molar-refractivity contribution in [2.75, 3.05) is 0 Å². The van der Waals surface area contributed by atoms with E-state index in [4.69, 9.17) is 4.74 Å². The van der Waals surface area contributed by atoms with Crippen LogP contribution in [0.5, 0.6) is 5.75 Å². The van der Waals surface area contributed by atoms with E-state index in [0.717, 1.165) is 11.1 Å². The van der Waals surface area contributed by atoms with Crippen molar-refractivity contribution in [1.29, 1.82) is 0 Å². The van der Waals surface area contributed by atoms with Gasteiger partial charge in [0.2, 0.25) is 0 Å². The van der Waals surface area contributed by atoms with E-state index in [1.54, 1.807) is 6.07 Å². The predicted molar refractivity (Wildman–Crippen MR) is 89.8 cm³/mol. The van der Waals surface area contributed by atoms with E-state index >= 15 is 0 Å². The summed E-state index contributed by atoms with van der Waals surface area (Å²) in [6, 6.07) is 13.8. The van der Waals surface area contributed by atoms with E-state index in [1.165, 1.54) is 22.5 Å². The number of hydrogen-bond donors (Lipinski definition) is 1. The SMILES string of the molecule is Fc1cccc(CNC2CC2)c1OCc1ccc(I)cc1. The monoisotopic (exact) mass is 397 g/mol. The van der Waals surface area contributed by atoms with Gasteiger partial charge in [0.15, 0.2) is 11.6 Å². The van der Waals surface area contributed by atoms with Crippen molar-refractivity contribution >= 4 is 22.6 Å². The molecule has 1 aliphatic rings. The zero-order valence-corrected chi connectivity index (χ0v) is 13.8. The van der Waals surface area contributed by atoms with Crippen molar-refractivity contribution < 1.29 is 9.13 Å². The van der Waals surface area contributed by atoms with Crippen LogP contribution in [0.1, 0.15) is 24.0 Å². The van der Waals surface area contributed by atoms with Crippen molar-refractivity contribution in [2.24, 2.45) is 0 Å². The Balaban J connectivity index is 1.69. The maximum atomic E-state index is 14.0. The molecule has 2 aromatic carbocycles. The molecule has 21 heavy (non-hydrogen) atoms. The Bertz CT molecular complexity index is 611. The third-order valence-corrected chi connectivity index (χ3v) is 4.22. The molecule has 0 heterocycles. The van der Waals surface area contributed by atoms with Crippen LogP contribution in [0.15, 0.2) is 42.5 Å². The van der Waals surface area contributed by atoms with Gasteiger partial charge in [-0.05, 0) is 59.2 Å². The highest BCUT2D eigenvalue weighted by atomic mass is 127. The Morgan fingerprint density at radius 2 is 1.90 bits per heavy atom.